The normalized spacial score (nSPS) is 12.4. The highest BCUT2D eigenvalue weighted by atomic mass is 32.2. The van der Waals surface area contributed by atoms with Gasteiger partial charge >= 0.3 is 16.1 Å². The summed E-state index contributed by atoms with van der Waals surface area (Å²) in [5, 5.41) is 8.66. The third kappa shape index (κ3) is 4.47. The average molecular weight is 278 g/mol. The van der Waals surface area contributed by atoms with Crippen LogP contribution in [0.5, 0.6) is 0 Å². The molecule has 0 saturated heterocycles. The van der Waals surface area contributed by atoms with E-state index in [-0.39, 0.29) is 18.8 Å². The highest BCUT2D eigenvalue weighted by molar-refractivity contribution is 7.85. The molecule has 7 nitrogen and oxygen atoms in total. The smallest absolute Gasteiger partial charge is 0.374 e. The fraction of sp³-hybridized carbons (Fsp3) is 0.500. The van der Waals surface area contributed by atoms with Crippen LogP contribution in [0.2, 0.25) is 0 Å². The van der Waals surface area contributed by atoms with Crippen LogP contribution in [0.4, 0.5) is 0 Å². The first-order valence-electron chi connectivity index (χ1n) is 5.06. The molecule has 1 aromatic rings. The molecule has 0 aliphatic heterocycles. The molecule has 0 fully saturated rings. The van der Waals surface area contributed by atoms with Gasteiger partial charge in [0.05, 0.1) is 12.2 Å². The molecule has 0 bridgehead atoms. The van der Waals surface area contributed by atoms with E-state index >= 15 is 0 Å². The molecule has 0 spiro atoms. The predicted octanol–water partition coefficient (Wildman–Crippen LogP) is 0.844. The van der Waals surface area contributed by atoms with Gasteiger partial charge in [0, 0.05) is 6.42 Å². The Labute approximate surface area is 104 Å². The zero-order chi connectivity index (χ0) is 14.0. The summed E-state index contributed by atoms with van der Waals surface area (Å²) < 4.78 is 39.4. The lowest BCUT2D eigenvalue weighted by atomic mass is 10.1. The minimum Gasteiger partial charge on any atom is -0.460 e. The molecule has 0 radical (unpaired) electrons. The van der Waals surface area contributed by atoms with E-state index < -0.39 is 26.8 Å². The Balaban J connectivity index is 2.61. The molecule has 8 heteroatoms. The first-order valence-corrected chi connectivity index (χ1v) is 6.50. The van der Waals surface area contributed by atoms with Crippen LogP contribution >= 0.6 is 0 Å². The number of rotatable bonds is 5. The number of furan rings is 1. The van der Waals surface area contributed by atoms with Crippen molar-refractivity contribution in [1.82, 2.24) is 0 Å². The lowest BCUT2D eigenvalue weighted by molar-refractivity contribution is 0.0218. The maximum Gasteiger partial charge on any atom is 0.374 e. The maximum atomic E-state index is 11.4. The molecule has 0 aliphatic rings. The molecule has 0 saturated carbocycles. The average Bonchev–Trinajstić information content (AvgIpc) is 2.62. The standard InChI is InChI=1S/C10H14O7S/c1-10(2,12)5-6-16-9(11)7-3-4-8(17-7)18(13,14)15/h3-4,12H,5-6H2,1-2H3,(H,13,14,15). The predicted molar refractivity (Wildman–Crippen MR) is 59.7 cm³/mol. The lowest BCUT2D eigenvalue weighted by Gasteiger charge is -2.15. The van der Waals surface area contributed by atoms with E-state index in [1.165, 1.54) is 0 Å². The van der Waals surface area contributed by atoms with Crippen LogP contribution in [-0.2, 0) is 14.9 Å². The quantitative estimate of drug-likeness (QED) is 0.606. The van der Waals surface area contributed by atoms with Gasteiger partial charge in [-0.1, -0.05) is 0 Å². The van der Waals surface area contributed by atoms with Crippen molar-refractivity contribution < 1.29 is 32.0 Å². The van der Waals surface area contributed by atoms with Gasteiger partial charge in [0.15, 0.2) is 0 Å². The number of hydrogen-bond donors (Lipinski definition) is 2. The summed E-state index contributed by atoms with van der Waals surface area (Å²) >= 11 is 0. The van der Waals surface area contributed by atoms with Crippen molar-refractivity contribution >= 4 is 16.1 Å². The highest BCUT2D eigenvalue weighted by Gasteiger charge is 2.20. The Morgan fingerprint density at radius 2 is 2.06 bits per heavy atom. The van der Waals surface area contributed by atoms with Crippen LogP contribution in [-0.4, -0.2) is 36.3 Å². The van der Waals surface area contributed by atoms with Crippen LogP contribution in [0.1, 0.15) is 30.8 Å². The summed E-state index contributed by atoms with van der Waals surface area (Å²) in [5.41, 5.74) is -0.969. The van der Waals surface area contributed by atoms with Crippen LogP contribution < -0.4 is 0 Å². The second-order valence-electron chi connectivity index (χ2n) is 4.29. The van der Waals surface area contributed by atoms with Gasteiger partial charge in [0.2, 0.25) is 10.9 Å². The van der Waals surface area contributed by atoms with Crippen LogP contribution in [0, 0.1) is 0 Å². The van der Waals surface area contributed by atoms with Crippen molar-refractivity contribution in [2.75, 3.05) is 6.61 Å². The van der Waals surface area contributed by atoms with Gasteiger partial charge in [0.1, 0.15) is 0 Å². The summed E-state index contributed by atoms with van der Waals surface area (Å²) in [6, 6.07) is 2.03. The maximum absolute atomic E-state index is 11.4. The summed E-state index contributed by atoms with van der Waals surface area (Å²) in [6.07, 6.45) is 0.227. The summed E-state index contributed by atoms with van der Waals surface area (Å²) in [7, 11) is -4.47. The molecular formula is C10H14O7S. The molecule has 0 unspecified atom stereocenters. The van der Waals surface area contributed by atoms with Crippen molar-refractivity contribution in [3.63, 3.8) is 0 Å². The van der Waals surface area contributed by atoms with Crippen LogP contribution in [0.3, 0.4) is 0 Å². The third-order valence-electron chi connectivity index (χ3n) is 1.98. The monoisotopic (exact) mass is 278 g/mol. The minimum absolute atomic E-state index is 0.0375. The first-order chi connectivity index (χ1) is 8.09. The molecule has 102 valence electrons. The molecule has 0 amide bonds. The molecule has 1 heterocycles. The number of hydrogen-bond acceptors (Lipinski definition) is 6. The molecule has 1 rings (SSSR count). The minimum atomic E-state index is -4.47. The Kier molecular flexibility index (Phi) is 4.15. The van der Waals surface area contributed by atoms with Gasteiger partial charge in [-0.25, -0.2) is 4.79 Å². The number of ether oxygens (including phenoxy) is 1. The van der Waals surface area contributed by atoms with Crippen molar-refractivity contribution in [1.29, 1.82) is 0 Å². The second-order valence-corrected chi connectivity index (χ2v) is 5.64. The summed E-state index contributed by atoms with van der Waals surface area (Å²) in [6.45, 7) is 3.08. The van der Waals surface area contributed by atoms with E-state index in [1.807, 2.05) is 0 Å². The number of carbonyl (C=O) groups excluding carboxylic acids is 1. The van der Waals surface area contributed by atoms with E-state index in [0.29, 0.717) is 0 Å². The van der Waals surface area contributed by atoms with E-state index in [4.69, 9.17) is 9.29 Å². The zero-order valence-electron chi connectivity index (χ0n) is 9.91. The molecular weight excluding hydrogens is 264 g/mol. The Morgan fingerprint density at radius 1 is 1.44 bits per heavy atom. The topological polar surface area (TPSA) is 114 Å². The van der Waals surface area contributed by atoms with Crippen LogP contribution in [0.15, 0.2) is 21.6 Å². The van der Waals surface area contributed by atoms with Crippen molar-refractivity contribution in [3.05, 3.63) is 17.9 Å². The molecule has 0 atom stereocenters. The fourth-order valence-corrected chi connectivity index (χ4v) is 1.47. The molecule has 0 aromatic carbocycles. The van der Waals surface area contributed by atoms with Gasteiger partial charge < -0.3 is 14.3 Å². The molecule has 1 aromatic heterocycles. The largest absolute Gasteiger partial charge is 0.460 e. The van der Waals surface area contributed by atoms with Crippen molar-refractivity contribution in [3.8, 4) is 0 Å². The molecule has 18 heavy (non-hydrogen) atoms. The van der Waals surface area contributed by atoms with Gasteiger partial charge in [-0.2, -0.15) is 8.42 Å². The summed E-state index contributed by atoms with van der Waals surface area (Å²) in [5.74, 6) is -1.20. The number of carbonyl (C=O) groups is 1. The van der Waals surface area contributed by atoms with Crippen LogP contribution in [0.25, 0.3) is 0 Å². The SMILES string of the molecule is CC(C)(O)CCOC(=O)c1ccc(S(=O)(=O)O)o1. The van der Waals surface area contributed by atoms with E-state index in [0.717, 1.165) is 12.1 Å². The second kappa shape index (κ2) is 5.09. The van der Waals surface area contributed by atoms with Gasteiger partial charge in [0.25, 0.3) is 0 Å². The van der Waals surface area contributed by atoms with E-state index in [9.17, 15) is 18.3 Å². The summed E-state index contributed by atoms with van der Waals surface area (Å²) in [4.78, 5) is 11.4. The van der Waals surface area contributed by atoms with Crippen molar-refractivity contribution in [2.24, 2.45) is 0 Å². The first kappa shape index (κ1) is 14.7. The van der Waals surface area contributed by atoms with Crippen molar-refractivity contribution in [2.45, 2.75) is 31.0 Å². The Morgan fingerprint density at radius 3 is 2.50 bits per heavy atom. The van der Waals surface area contributed by atoms with Gasteiger partial charge in [-0.3, -0.25) is 4.55 Å². The third-order valence-corrected chi connectivity index (χ3v) is 2.71. The zero-order valence-corrected chi connectivity index (χ0v) is 10.7. The highest BCUT2D eigenvalue weighted by Crippen LogP contribution is 2.15. The molecule has 2 N–H and O–H groups in total. The number of esters is 1. The number of aliphatic hydroxyl groups is 1. The molecule has 0 aliphatic carbocycles. The van der Waals surface area contributed by atoms with E-state index in [2.05, 4.69) is 4.42 Å². The van der Waals surface area contributed by atoms with E-state index in [1.54, 1.807) is 13.8 Å². The Hall–Kier alpha value is -1.38. The fourth-order valence-electron chi connectivity index (χ4n) is 1.03. The Bertz CT molecular complexity index is 521. The lowest BCUT2D eigenvalue weighted by Crippen LogP contribution is -2.22. The van der Waals surface area contributed by atoms with Gasteiger partial charge in [-0.15, -0.1) is 0 Å². The van der Waals surface area contributed by atoms with Gasteiger partial charge in [-0.05, 0) is 26.0 Å².